The van der Waals surface area contributed by atoms with E-state index in [1.54, 1.807) is 24.3 Å². The molecule has 0 radical (unpaired) electrons. The van der Waals surface area contributed by atoms with Gasteiger partial charge in [0.1, 0.15) is 12.2 Å². The van der Waals surface area contributed by atoms with Crippen LogP contribution in [-0.4, -0.2) is 16.9 Å². The van der Waals surface area contributed by atoms with E-state index in [-0.39, 0.29) is 34.5 Å². The molecule has 0 spiro atoms. The number of ether oxygens (including phenoxy) is 1. The highest BCUT2D eigenvalue weighted by atomic mass is 32.1. The predicted molar refractivity (Wildman–Crippen MR) is 118 cm³/mol. The van der Waals surface area contributed by atoms with Gasteiger partial charge >= 0.3 is 12.1 Å². The number of alkyl halides is 3. The molecular formula is C23H15F3N2O5S. The lowest BCUT2D eigenvalue weighted by Gasteiger charge is -2.19. The van der Waals surface area contributed by atoms with E-state index in [4.69, 9.17) is 9.15 Å². The number of amides is 1. The molecule has 0 saturated heterocycles. The van der Waals surface area contributed by atoms with E-state index < -0.39 is 29.0 Å². The molecule has 0 saturated carbocycles. The van der Waals surface area contributed by atoms with Crippen LogP contribution in [0.3, 0.4) is 0 Å². The molecule has 4 aromatic rings. The number of thiazole rings is 1. The van der Waals surface area contributed by atoms with Crippen molar-refractivity contribution in [1.82, 2.24) is 4.98 Å². The van der Waals surface area contributed by atoms with E-state index in [0.29, 0.717) is 5.39 Å². The Kier molecular flexibility index (Phi) is 6.20. The van der Waals surface area contributed by atoms with Crippen molar-refractivity contribution >= 4 is 45.0 Å². The summed E-state index contributed by atoms with van der Waals surface area (Å²) in [6.45, 7) is 0.892. The Hall–Kier alpha value is -3.99. The lowest BCUT2D eigenvalue weighted by molar-refractivity contribution is -0.137. The summed E-state index contributed by atoms with van der Waals surface area (Å²) in [6.07, 6.45) is -4.57. The summed E-state index contributed by atoms with van der Waals surface area (Å²) in [6, 6.07) is 11.8. The Morgan fingerprint density at radius 2 is 1.88 bits per heavy atom. The van der Waals surface area contributed by atoms with Crippen molar-refractivity contribution in [3.63, 3.8) is 0 Å². The van der Waals surface area contributed by atoms with Crippen molar-refractivity contribution < 1.29 is 31.9 Å². The van der Waals surface area contributed by atoms with Crippen LogP contribution in [-0.2, 0) is 22.3 Å². The van der Waals surface area contributed by atoms with E-state index in [0.717, 1.165) is 34.4 Å². The summed E-state index contributed by atoms with van der Waals surface area (Å²) < 4.78 is 49.8. The maximum Gasteiger partial charge on any atom is 0.416 e. The quantitative estimate of drug-likeness (QED) is 0.354. The Bertz CT molecular complexity index is 1440. The summed E-state index contributed by atoms with van der Waals surface area (Å²) in [4.78, 5) is 42.0. The molecule has 2 aromatic heterocycles. The molecule has 0 N–H and O–H groups in total. The minimum atomic E-state index is -4.57. The van der Waals surface area contributed by atoms with Crippen molar-refractivity contribution in [3.8, 4) is 0 Å². The van der Waals surface area contributed by atoms with Crippen LogP contribution in [0.25, 0.3) is 11.0 Å². The van der Waals surface area contributed by atoms with Gasteiger partial charge in [-0.05, 0) is 30.3 Å². The molecule has 174 valence electrons. The van der Waals surface area contributed by atoms with Gasteiger partial charge in [0, 0.05) is 18.4 Å². The minimum Gasteiger partial charge on any atom is -0.453 e. The lowest BCUT2D eigenvalue weighted by atomic mass is 10.2. The van der Waals surface area contributed by atoms with Gasteiger partial charge in [0.2, 0.25) is 11.7 Å². The highest BCUT2D eigenvalue weighted by Gasteiger charge is 2.31. The number of halogens is 3. The number of benzene rings is 2. The molecule has 0 fully saturated rings. The molecule has 2 aromatic carbocycles. The first-order valence-electron chi connectivity index (χ1n) is 9.76. The monoisotopic (exact) mass is 488 g/mol. The van der Waals surface area contributed by atoms with Gasteiger partial charge < -0.3 is 9.15 Å². The van der Waals surface area contributed by atoms with Gasteiger partial charge in [-0.25, -0.2) is 9.78 Å². The van der Waals surface area contributed by atoms with E-state index in [9.17, 15) is 27.6 Å². The average Bonchev–Trinajstić information content (AvgIpc) is 3.25. The summed E-state index contributed by atoms with van der Waals surface area (Å²) in [5, 5.41) is 1.93. The molecule has 4 rings (SSSR count). The molecule has 0 atom stereocenters. The van der Waals surface area contributed by atoms with Gasteiger partial charge in [0.25, 0.3) is 0 Å². The van der Waals surface area contributed by atoms with Gasteiger partial charge in [0.05, 0.1) is 22.3 Å². The smallest absolute Gasteiger partial charge is 0.416 e. The summed E-state index contributed by atoms with van der Waals surface area (Å²) in [5.41, 5.74) is -0.814. The van der Waals surface area contributed by atoms with Crippen molar-refractivity contribution in [2.24, 2.45) is 0 Å². The predicted octanol–water partition coefficient (Wildman–Crippen LogP) is 5.31. The number of hydrogen-bond acceptors (Lipinski definition) is 7. The number of esters is 1. The molecular weight excluding hydrogens is 473 g/mol. The van der Waals surface area contributed by atoms with Crippen LogP contribution in [0.2, 0.25) is 0 Å². The second-order valence-electron chi connectivity index (χ2n) is 7.07. The van der Waals surface area contributed by atoms with Gasteiger partial charge in [0.15, 0.2) is 10.6 Å². The second kappa shape index (κ2) is 9.10. The molecule has 0 unspecified atom stereocenters. The number of anilines is 2. The Morgan fingerprint density at radius 1 is 1.12 bits per heavy atom. The lowest BCUT2D eigenvalue weighted by Crippen LogP contribution is -2.23. The fourth-order valence-electron chi connectivity index (χ4n) is 3.13. The zero-order valence-corrected chi connectivity index (χ0v) is 18.3. The standard InChI is InChI=1S/C23H15F3N2O5S/c1-13(29)28(16-6-4-5-14(9-16)23(24,25)26)22-27-15(12-34-22)11-32-21(31)20-10-18(30)17-7-2-3-8-19(17)33-20/h2-10,12H,11H2,1H3. The van der Waals surface area contributed by atoms with Crippen LogP contribution >= 0.6 is 11.3 Å². The topological polar surface area (TPSA) is 89.7 Å². The number of nitrogens with zero attached hydrogens (tertiary/aromatic N) is 2. The van der Waals surface area contributed by atoms with Crippen LogP contribution in [0, 0.1) is 0 Å². The van der Waals surface area contributed by atoms with E-state index in [2.05, 4.69) is 4.98 Å². The SMILES string of the molecule is CC(=O)N(c1cccc(C(F)(F)F)c1)c1nc(COC(=O)c2cc(=O)c3ccccc3o2)cs1. The average molecular weight is 488 g/mol. The van der Waals surface area contributed by atoms with Gasteiger partial charge in [-0.2, -0.15) is 13.2 Å². The summed E-state index contributed by atoms with van der Waals surface area (Å²) >= 11 is 0.994. The van der Waals surface area contributed by atoms with Crippen LogP contribution in [0.1, 0.15) is 28.7 Å². The number of carbonyl (C=O) groups is 2. The molecule has 7 nitrogen and oxygen atoms in total. The van der Waals surface area contributed by atoms with Crippen molar-refractivity contribution in [2.45, 2.75) is 19.7 Å². The fraction of sp³-hybridized carbons (Fsp3) is 0.130. The maximum absolute atomic E-state index is 13.1. The second-order valence-corrected chi connectivity index (χ2v) is 7.91. The Balaban J connectivity index is 1.52. The van der Waals surface area contributed by atoms with E-state index in [1.807, 2.05) is 0 Å². The molecule has 0 aliphatic heterocycles. The Morgan fingerprint density at radius 3 is 2.62 bits per heavy atom. The summed E-state index contributed by atoms with van der Waals surface area (Å²) in [5.74, 6) is -1.72. The van der Waals surface area contributed by atoms with Crippen LogP contribution in [0.5, 0.6) is 0 Å². The maximum atomic E-state index is 13.1. The molecule has 0 aliphatic carbocycles. The first-order valence-corrected chi connectivity index (χ1v) is 10.6. The third-order valence-corrected chi connectivity index (χ3v) is 5.54. The fourth-order valence-corrected chi connectivity index (χ4v) is 4.00. The number of rotatable bonds is 5. The molecule has 0 bridgehead atoms. The molecule has 2 heterocycles. The van der Waals surface area contributed by atoms with E-state index in [1.165, 1.54) is 24.4 Å². The molecule has 34 heavy (non-hydrogen) atoms. The molecule has 11 heteroatoms. The normalized spacial score (nSPS) is 11.4. The van der Waals surface area contributed by atoms with Gasteiger partial charge in [-0.1, -0.05) is 18.2 Å². The highest BCUT2D eigenvalue weighted by molar-refractivity contribution is 7.14. The van der Waals surface area contributed by atoms with Crippen LogP contribution in [0.4, 0.5) is 24.0 Å². The Labute approximate surface area is 194 Å². The number of hydrogen-bond donors (Lipinski definition) is 0. The number of fused-ring (bicyclic) bond motifs is 1. The van der Waals surface area contributed by atoms with Crippen LogP contribution < -0.4 is 10.3 Å². The zero-order valence-electron chi connectivity index (χ0n) is 17.5. The number of carbonyl (C=O) groups excluding carboxylic acids is 2. The van der Waals surface area contributed by atoms with Crippen molar-refractivity contribution in [2.75, 3.05) is 4.90 Å². The third-order valence-electron chi connectivity index (χ3n) is 4.66. The largest absolute Gasteiger partial charge is 0.453 e. The first-order chi connectivity index (χ1) is 16.1. The van der Waals surface area contributed by atoms with Crippen molar-refractivity contribution in [1.29, 1.82) is 0 Å². The highest BCUT2D eigenvalue weighted by Crippen LogP contribution is 2.35. The third kappa shape index (κ3) is 4.84. The van der Waals surface area contributed by atoms with Crippen molar-refractivity contribution in [3.05, 3.63) is 87.2 Å². The number of aromatic nitrogens is 1. The molecule has 0 aliphatic rings. The summed E-state index contributed by atoms with van der Waals surface area (Å²) in [7, 11) is 0. The molecule has 1 amide bonds. The first kappa shape index (κ1) is 23.2. The zero-order chi connectivity index (χ0) is 24.5. The van der Waals surface area contributed by atoms with Crippen LogP contribution in [0.15, 0.2) is 69.2 Å². The van der Waals surface area contributed by atoms with E-state index >= 15 is 0 Å². The van der Waals surface area contributed by atoms with Gasteiger partial charge in [-0.15, -0.1) is 11.3 Å². The minimum absolute atomic E-state index is 0.00170. The van der Waals surface area contributed by atoms with Gasteiger partial charge in [-0.3, -0.25) is 14.5 Å². The number of para-hydroxylation sites is 1.